The maximum Gasteiger partial charge on any atom is 0.252 e. The molecule has 0 unspecified atom stereocenters. The predicted molar refractivity (Wildman–Crippen MR) is 117 cm³/mol. The molecule has 29 heavy (non-hydrogen) atoms. The van der Waals surface area contributed by atoms with Crippen LogP contribution in [-0.2, 0) is 0 Å². The summed E-state index contributed by atoms with van der Waals surface area (Å²) in [7, 11) is 1.56. The molecular weight excluding hydrogens is 388 g/mol. The van der Waals surface area contributed by atoms with Crippen LogP contribution in [0.2, 0.25) is 5.02 Å². The Morgan fingerprint density at radius 2 is 1.86 bits per heavy atom. The van der Waals surface area contributed by atoms with Gasteiger partial charge in [-0.3, -0.25) is 4.79 Å². The van der Waals surface area contributed by atoms with E-state index in [9.17, 15) is 4.79 Å². The lowest BCUT2D eigenvalue weighted by Gasteiger charge is -2.16. The van der Waals surface area contributed by atoms with Crippen molar-refractivity contribution in [1.82, 2.24) is 20.3 Å². The minimum atomic E-state index is -0.251. The molecule has 0 atom stereocenters. The van der Waals surface area contributed by atoms with Gasteiger partial charge in [-0.05, 0) is 45.0 Å². The lowest BCUT2D eigenvalue weighted by atomic mass is 9.96. The Bertz CT molecular complexity index is 1080. The summed E-state index contributed by atoms with van der Waals surface area (Å²) in [6.07, 6.45) is 0. The average Bonchev–Trinajstić information content (AvgIpc) is 2.68. The van der Waals surface area contributed by atoms with Crippen LogP contribution in [-0.4, -0.2) is 34.5 Å². The molecule has 0 spiro atoms. The molecule has 1 amide bonds. The predicted octanol–water partition coefficient (Wildman–Crippen LogP) is 3.85. The van der Waals surface area contributed by atoms with Gasteiger partial charge in [-0.1, -0.05) is 17.7 Å². The number of aromatic nitrogens is 3. The number of carbonyl (C=O) groups is 1. The maximum atomic E-state index is 12.0. The molecule has 0 aliphatic carbocycles. The molecule has 4 N–H and O–H groups in total. The zero-order chi connectivity index (χ0) is 21.1. The number of nitrogens with zero attached hydrogens (tertiary/aromatic N) is 3. The van der Waals surface area contributed by atoms with Crippen molar-refractivity contribution in [3.63, 3.8) is 0 Å². The van der Waals surface area contributed by atoms with Crippen molar-refractivity contribution >= 4 is 29.3 Å². The fourth-order valence-electron chi connectivity index (χ4n) is 3.21. The Morgan fingerprint density at radius 1 is 1.10 bits per heavy atom. The maximum absolute atomic E-state index is 12.0. The standard InChI is InChI=1S/C21H23ClN6O/c1-5-25-17-9-8-14(11(2)26-17)18-12(3)27-21(23)28-19(18)13-6-7-15(16(22)10-13)20(29)24-4/h6-10H,5H2,1-4H3,(H,24,29)(H,25,26)(H2,23,27,28). The first-order valence-corrected chi connectivity index (χ1v) is 9.61. The third-order valence-electron chi connectivity index (χ3n) is 4.53. The van der Waals surface area contributed by atoms with Crippen LogP contribution in [0, 0.1) is 13.8 Å². The number of amides is 1. The van der Waals surface area contributed by atoms with Gasteiger partial charge in [0.15, 0.2) is 0 Å². The molecule has 2 aromatic heterocycles. The van der Waals surface area contributed by atoms with E-state index >= 15 is 0 Å². The van der Waals surface area contributed by atoms with Crippen LogP contribution >= 0.6 is 11.6 Å². The van der Waals surface area contributed by atoms with Crippen molar-refractivity contribution in [2.75, 3.05) is 24.6 Å². The molecule has 0 saturated carbocycles. The van der Waals surface area contributed by atoms with Gasteiger partial charge < -0.3 is 16.4 Å². The molecule has 8 heteroatoms. The first kappa shape index (κ1) is 20.5. The average molecular weight is 411 g/mol. The van der Waals surface area contributed by atoms with Crippen molar-refractivity contribution in [2.45, 2.75) is 20.8 Å². The van der Waals surface area contributed by atoms with E-state index in [1.165, 1.54) is 0 Å². The zero-order valence-electron chi connectivity index (χ0n) is 16.8. The third-order valence-corrected chi connectivity index (χ3v) is 4.85. The molecular formula is C21H23ClN6O. The summed E-state index contributed by atoms with van der Waals surface area (Å²) in [4.78, 5) is 25.4. The van der Waals surface area contributed by atoms with E-state index in [1.54, 1.807) is 25.2 Å². The van der Waals surface area contributed by atoms with E-state index in [0.717, 1.165) is 40.4 Å². The highest BCUT2D eigenvalue weighted by Crippen LogP contribution is 2.36. The Balaban J connectivity index is 2.19. The minimum Gasteiger partial charge on any atom is -0.370 e. The van der Waals surface area contributed by atoms with E-state index in [-0.39, 0.29) is 11.9 Å². The Hall–Kier alpha value is -3.19. The topological polar surface area (TPSA) is 106 Å². The minimum absolute atomic E-state index is 0.169. The Kier molecular flexibility index (Phi) is 5.98. The zero-order valence-corrected chi connectivity index (χ0v) is 17.6. The van der Waals surface area contributed by atoms with Gasteiger partial charge in [0.1, 0.15) is 5.82 Å². The number of nitrogens with two attached hydrogens (primary N) is 1. The molecule has 0 aliphatic heterocycles. The summed E-state index contributed by atoms with van der Waals surface area (Å²) in [6.45, 7) is 6.64. The van der Waals surface area contributed by atoms with Crippen molar-refractivity contribution in [3.8, 4) is 22.4 Å². The number of carbonyl (C=O) groups excluding carboxylic acids is 1. The van der Waals surface area contributed by atoms with Crippen LogP contribution in [0.4, 0.5) is 11.8 Å². The van der Waals surface area contributed by atoms with Gasteiger partial charge in [0, 0.05) is 36.0 Å². The smallest absolute Gasteiger partial charge is 0.252 e. The summed E-state index contributed by atoms with van der Waals surface area (Å²) in [6, 6.07) is 9.11. The largest absolute Gasteiger partial charge is 0.370 e. The fraction of sp³-hybridized carbons (Fsp3) is 0.238. The molecule has 2 heterocycles. The number of hydrogen-bond acceptors (Lipinski definition) is 6. The van der Waals surface area contributed by atoms with Crippen molar-refractivity contribution in [3.05, 3.63) is 52.3 Å². The molecule has 1 aromatic carbocycles. The number of aryl methyl sites for hydroxylation is 2. The Morgan fingerprint density at radius 3 is 2.48 bits per heavy atom. The SMILES string of the molecule is CCNc1ccc(-c2c(C)nc(N)nc2-c2ccc(C(=O)NC)c(Cl)c2)c(C)n1. The third kappa shape index (κ3) is 4.14. The van der Waals surface area contributed by atoms with Crippen LogP contribution in [0.1, 0.15) is 28.7 Å². The van der Waals surface area contributed by atoms with E-state index < -0.39 is 0 Å². The number of rotatable bonds is 5. The highest BCUT2D eigenvalue weighted by atomic mass is 35.5. The van der Waals surface area contributed by atoms with Crippen LogP contribution in [0.3, 0.4) is 0 Å². The number of anilines is 2. The summed E-state index contributed by atoms with van der Waals surface area (Å²) in [5, 5.41) is 6.12. The molecule has 3 rings (SSSR count). The summed E-state index contributed by atoms with van der Waals surface area (Å²) in [5.41, 5.74) is 11.0. The normalized spacial score (nSPS) is 10.7. The van der Waals surface area contributed by atoms with Gasteiger partial charge >= 0.3 is 0 Å². The quantitative estimate of drug-likeness (QED) is 0.589. The van der Waals surface area contributed by atoms with Gasteiger partial charge in [0.05, 0.1) is 22.0 Å². The van der Waals surface area contributed by atoms with Crippen molar-refractivity contribution in [1.29, 1.82) is 0 Å². The summed E-state index contributed by atoms with van der Waals surface area (Å²) >= 11 is 6.36. The number of hydrogen-bond donors (Lipinski definition) is 3. The highest BCUT2D eigenvalue weighted by molar-refractivity contribution is 6.34. The van der Waals surface area contributed by atoms with Crippen LogP contribution in [0.5, 0.6) is 0 Å². The number of pyridine rings is 1. The molecule has 0 saturated heterocycles. The lowest BCUT2D eigenvalue weighted by molar-refractivity contribution is 0.0963. The first-order chi connectivity index (χ1) is 13.8. The molecule has 0 aliphatic rings. The van der Waals surface area contributed by atoms with Crippen LogP contribution in [0.15, 0.2) is 30.3 Å². The van der Waals surface area contributed by atoms with Gasteiger partial charge in [0.25, 0.3) is 5.91 Å². The molecule has 150 valence electrons. The van der Waals surface area contributed by atoms with Gasteiger partial charge in [0.2, 0.25) is 5.95 Å². The van der Waals surface area contributed by atoms with Crippen LogP contribution < -0.4 is 16.4 Å². The van der Waals surface area contributed by atoms with Gasteiger partial charge in [-0.15, -0.1) is 0 Å². The monoisotopic (exact) mass is 410 g/mol. The van der Waals surface area contributed by atoms with Gasteiger partial charge in [-0.2, -0.15) is 0 Å². The molecule has 0 fully saturated rings. The molecule has 0 radical (unpaired) electrons. The lowest BCUT2D eigenvalue weighted by Crippen LogP contribution is -2.18. The second-order valence-corrected chi connectivity index (χ2v) is 6.93. The molecule has 0 bridgehead atoms. The van der Waals surface area contributed by atoms with Crippen molar-refractivity contribution in [2.24, 2.45) is 0 Å². The second-order valence-electron chi connectivity index (χ2n) is 6.52. The number of nitrogen functional groups attached to an aromatic ring is 1. The van der Waals surface area contributed by atoms with Gasteiger partial charge in [-0.25, -0.2) is 15.0 Å². The van der Waals surface area contributed by atoms with Crippen molar-refractivity contribution < 1.29 is 4.79 Å². The number of halogens is 1. The molecule has 3 aromatic rings. The first-order valence-electron chi connectivity index (χ1n) is 9.23. The number of nitrogens with one attached hydrogen (secondary N) is 2. The van der Waals surface area contributed by atoms with E-state index in [4.69, 9.17) is 17.3 Å². The summed E-state index contributed by atoms with van der Waals surface area (Å²) in [5.74, 6) is 0.726. The van der Waals surface area contributed by atoms with Crippen LogP contribution in [0.25, 0.3) is 22.4 Å². The fourth-order valence-corrected chi connectivity index (χ4v) is 3.48. The highest BCUT2D eigenvalue weighted by Gasteiger charge is 2.19. The van der Waals surface area contributed by atoms with E-state index in [2.05, 4.69) is 25.6 Å². The second kappa shape index (κ2) is 8.45. The summed E-state index contributed by atoms with van der Waals surface area (Å²) < 4.78 is 0. The number of benzene rings is 1. The molecule has 7 nitrogen and oxygen atoms in total. The van der Waals surface area contributed by atoms with E-state index in [1.807, 2.05) is 32.9 Å². The Labute approximate surface area is 174 Å². The van der Waals surface area contributed by atoms with E-state index in [0.29, 0.717) is 16.3 Å².